The number of carbonyl (C=O) groups excluding carboxylic acids is 1. The fourth-order valence-corrected chi connectivity index (χ4v) is 4.57. The summed E-state index contributed by atoms with van der Waals surface area (Å²) in [4.78, 5) is 23.3. The molecule has 2 aliphatic rings. The number of halogens is 1. The maximum Gasteiger partial charge on any atom is 0.268 e. The predicted octanol–water partition coefficient (Wildman–Crippen LogP) is 4.56. The molecular formula is C24H24ClN5O2. The highest BCUT2D eigenvalue weighted by atomic mass is 35.5. The van der Waals surface area contributed by atoms with Crippen LogP contribution in [0.25, 0.3) is 0 Å². The minimum Gasteiger partial charge on any atom is -0.455 e. The van der Waals surface area contributed by atoms with Gasteiger partial charge in [0.1, 0.15) is 5.56 Å². The summed E-state index contributed by atoms with van der Waals surface area (Å²) in [6.45, 7) is 8.23. The topological polar surface area (TPSA) is 79.4 Å². The van der Waals surface area contributed by atoms with Gasteiger partial charge < -0.3 is 15.4 Å². The summed E-state index contributed by atoms with van der Waals surface area (Å²) in [5.74, 6) is 0.389. The number of carbonyl (C=O) groups is 1. The zero-order chi connectivity index (χ0) is 22.5. The van der Waals surface area contributed by atoms with Crippen LogP contribution in [0.2, 0.25) is 5.02 Å². The molecule has 0 saturated carbocycles. The van der Waals surface area contributed by atoms with Crippen molar-refractivity contribution in [2.24, 2.45) is 0 Å². The van der Waals surface area contributed by atoms with Crippen molar-refractivity contribution in [2.45, 2.75) is 32.7 Å². The standard InChI is InChI=1S/C24H24ClN5O2/c1-14-4-7-20(19(25)8-14)30-13-32-21-17(22(30)31)11-27-23(29-21)28-16-5-6-18-15(9-16)10-26-12-24(18,2)3/h4-9,11,26H,10,12-13H2,1-3H3,(H,27,28,29). The number of nitrogens with zero attached hydrogens (tertiary/aromatic N) is 3. The van der Waals surface area contributed by atoms with Crippen LogP contribution in [0.3, 0.4) is 0 Å². The molecule has 1 aromatic heterocycles. The average molecular weight is 450 g/mol. The van der Waals surface area contributed by atoms with Crippen LogP contribution in [-0.4, -0.2) is 29.2 Å². The Labute approximate surface area is 191 Å². The van der Waals surface area contributed by atoms with Crippen LogP contribution in [0.5, 0.6) is 5.88 Å². The van der Waals surface area contributed by atoms with Crippen molar-refractivity contribution >= 4 is 34.8 Å². The Bertz CT molecular complexity index is 1230. The second-order valence-electron chi connectivity index (χ2n) is 8.86. The summed E-state index contributed by atoms with van der Waals surface area (Å²) in [6.07, 6.45) is 1.49. The number of fused-ring (bicyclic) bond motifs is 2. The molecule has 0 radical (unpaired) electrons. The third-order valence-corrected chi connectivity index (χ3v) is 6.23. The quantitative estimate of drug-likeness (QED) is 0.610. The fourth-order valence-electron chi connectivity index (χ4n) is 4.23. The van der Waals surface area contributed by atoms with Crippen LogP contribution in [0.1, 0.15) is 40.9 Å². The Morgan fingerprint density at radius 3 is 2.88 bits per heavy atom. The van der Waals surface area contributed by atoms with Gasteiger partial charge >= 0.3 is 0 Å². The molecule has 0 unspecified atom stereocenters. The van der Waals surface area contributed by atoms with Crippen molar-refractivity contribution in [3.63, 3.8) is 0 Å². The highest BCUT2D eigenvalue weighted by Crippen LogP contribution is 2.34. The summed E-state index contributed by atoms with van der Waals surface area (Å²) in [5.41, 5.74) is 5.49. The van der Waals surface area contributed by atoms with E-state index in [1.54, 1.807) is 0 Å². The SMILES string of the molecule is Cc1ccc(N2COc3nc(Nc4ccc5c(c4)CNCC5(C)C)ncc3C2=O)c(Cl)c1. The van der Waals surface area contributed by atoms with Crippen molar-refractivity contribution in [3.8, 4) is 5.88 Å². The van der Waals surface area contributed by atoms with Gasteiger partial charge in [-0.15, -0.1) is 0 Å². The molecule has 5 rings (SSSR count). The van der Waals surface area contributed by atoms with Crippen LogP contribution in [0.4, 0.5) is 17.3 Å². The second-order valence-corrected chi connectivity index (χ2v) is 9.27. The van der Waals surface area contributed by atoms with E-state index in [4.69, 9.17) is 16.3 Å². The molecule has 0 spiro atoms. The number of amides is 1. The van der Waals surface area contributed by atoms with Crippen molar-refractivity contribution in [2.75, 3.05) is 23.5 Å². The van der Waals surface area contributed by atoms with Crippen LogP contribution < -0.4 is 20.3 Å². The van der Waals surface area contributed by atoms with E-state index in [1.807, 2.05) is 31.2 Å². The van der Waals surface area contributed by atoms with E-state index in [1.165, 1.54) is 22.2 Å². The number of hydrogen-bond donors (Lipinski definition) is 2. The number of anilines is 3. The molecule has 3 heterocycles. The molecule has 2 N–H and O–H groups in total. The molecular weight excluding hydrogens is 426 g/mol. The fraction of sp³-hybridized carbons (Fsp3) is 0.292. The number of hydrogen-bond acceptors (Lipinski definition) is 6. The molecule has 8 heteroatoms. The first kappa shape index (κ1) is 20.7. The zero-order valence-corrected chi connectivity index (χ0v) is 19.0. The number of ether oxygens (including phenoxy) is 1. The van der Waals surface area contributed by atoms with Gasteiger partial charge in [-0.1, -0.05) is 37.6 Å². The summed E-state index contributed by atoms with van der Waals surface area (Å²) >= 11 is 6.34. The van der Waals surface area contributed by atoms with E-state index in [0.717, 1.165) is 24.3 Å². The minimum atomic E-state index is -0.245. The first-order valence-electron chi connectivity index (χ1n) is 10.5. The van der Waals surface area contributed by atoms with Gasteiger partial charge in [0, 0.05) is 30.4 Å². The largest absolute Gasteiger partial charge is 0.455 e. The van der Waals surface area contributed by atoms with Gasteiger partial charge in [-0.05, 0) is 47.9 Å². The average Bonchev–Trinajstić information content (AvgIpc) is 2.74. The van der Waals surface area contributed by atoms with Crippen LogP contribution in [-0.2, 0) is 12.0 Å². The van der Waals surface area contributed by atoms with E-state index in [9.17, 15) is 4.79 Å². The van der Waals surface area contributed by atoms with Gasteiger partial charge in [-0.2, -0.15) is 4.98 Å². The first-order chi connectivity index (χ1) is 15.3. The minimum absolute atomic E-state index is 0.0324. The Morgan fingerprint density at radius 2 is 2.06 bits per heavy atom. The predicted molar refractivity (Wildman–Crippen MR) is 125 cm³/mol. The summed E-state index contributed by atoms with van der Waals surface area (Å²) < 4.78 is 5.79. The maximum atomic E-state index is 13.0. The van der Waals surface area contributed by atoms with Crippen LogP contribution >= 0.6 is 11.6 Å². The van der Waals surface area contributed by atoms with Crippen molar-refractivity contribution in [3.05, 3.63) is 69.9 Å². The Hall–Kier alpha value is -3.16. The third kappa shape index (κ3) is 3.67. The van der Waals surface area contributed by atoms with Gasteiger partial charge in [0.15, 0.2) is 6.73 Å². The molecule has 1 amide bonds. The van der Waals surface area contributed by atoms with Gasteiger partial charge in [0.05, 0.1) is 10.7 Å². The lowest BCUT2D eigenvalue weighted by atomic mass is 9.79. The molecule has 164 valence electrons. The van der Waals surface area contributed by atoms with Gasteiger partial charge in [-0.25, -0.2) is 4.98 Å². The molecule has 7 nitrogen and oxygen atoms in total. The van der Waals surface area contributed by atoms with Crippen molar-refractivity contribution < 1.29 is 9.53 Å². The van der Waals surface area contributed by atoms with Gasteiger partial charge in [-0.3, -0.25) is 9.69 Å². The normalized spacial score (nSPS) is 16.8. The van der Waals surface area contributed by atoms with Gasteiger partial charge in [0.25, 0.3) is 5.91 Å². The molecule has 3 aromatic rings. The molecule has 2 aromatic carbocycles. The Morgan fingerprint density at radius 1 is 1.22 bits per heavy atom. The lowest BCUT2D eigenvalue weighted by molar-refractivity contribution is 0.0932. The number of nitrogens with one attached hydrogen (secondary N) is 2. The van der Waals surface area contributed by atoms with E-state index in [-0.39, 0.29) is 23.9 Å². The molecule has 0 bridgehead atoms. The summed E-state index contributed by atoms with van der Waals surface area (Å²) in [7, 11) is 0. The van der Waals surface area contributed by atoms with Crippen molar-refractivity contribution in [1.29, 1.82) is 0 Å². The van der Waals surface area contributed by atoms with E-state index < -0.39 is 0 Å². The molecule has 0 fully saturated rings. The number of rotatable bonds is 3. The smallest absolute Gasteiger partial charge is 0.268 e. The molecule has 2 aliphatic heterocycles. The number of aromatic nitrogens is 2. The monoisotopic (exact) mass is 449 g/mol. The summed E-state index contributed by atoms with van der Waals surface area (Å²) in [6, 6.07) is 11.8. The highest BCUT2D eigenvalue weighted by Gasteiger charge is 2.30. The first-order valence-corrected chi connectivity index (χ1v) is 10.9. The highest BCUT2D eigenvalue weighted by molar-refractivity contribution is 6.34. The molecule has 0 aliphatic carbocycles. The van der Waals surface area contributed by atoms with Crippen molar-refractivity contribution in [1.82, 2.24) is 15.3 Å². The zero-order valence-electron chi connectivity index (χ0n) is 18.2. The molecule has 32 heavy (non-hydrogen) atoms. The Kier molecular flexibility index (Phi) is 5.03. The Balaban J connectivity index is 1.38. The second kappa shape index (κ2) is 7.76. The molecule has 0 atom stereocenters. The number of benzene rings is 2. The number of aryl methyl sites for hydroxylation is 1. The van der Waals surface area contributed by atoms with Gasteiger partial charge in [0.2, 0.25) is 11.8 Å². The van der Waals surface area contributed by atoms with Crippen LogP contribution in [0.15, 0.2) is 42.6 Å². The summed E-state index contributed by atoms with van der Waals surface area (Å²) in [5, 5.41) is 7.19. The van der Waals surface area contributed by atoms with E-state index in [2.05, 4.69) is 46.6 Å². The third-order valence-electron chi connectivity index (χ3n) is 5.93. The maximum absolute atomic E-state index is 13.0. The lowest BCUT2D eigenvalue weighted by Crippen LogP contribution is -2.39. The molecule has 0 saturated heterocycles. The lowest BCUT2D eigenvalue weighted by Gasteiger charge is -2.33. The van der Waals surface area contributed by atoms with E-state index >= 15 is 0 Å². The van der Waals surface area contributed by atoms with Crippen LogP contribution in [0, 0.1) is 6.92 Å². The van der Waals surface area contributed by atoms with E-state index in [0.29, 0.717) is 22.2 Å².